The zero-order chi connectivity index (χ0) is 17.1. The molecule has 3 aromatic rings. The van der Waals surface area contributed by atoms with Crippen molar-refractivity contribution in [3.8, 4) is 0 Å². The average Bonchev–Trinajstić information content (AvgIpc) is 3.09. The van der Waals surface area contributed by atoms with Crippen molar-refractivity contribution >= 4 is 44.7 Å². The van der Waals surface area contributed by atoms with Gasteiger partial charge in [-0.2, -0.15) is 5.10 Å². The highest BCUT2D eigenvalue weighted by molar-refractivity contribution is 7.17. The van der Waals surface area contributed by atoms with Crippen molar-refractivity contribution in [2.75, 3.05) is 22.9 Å². The minimum atomic E-state index is -0.258. The normalized spacial score (nSPS) is 22.3. The van der Waals surface area contributed by atoms with Crippen molar-refractivity contribution in [2.45, 2.75) is 18.5 Å². The second-order valence-corrected chi connectivity index (χ2v) is 7.75. The fourth-order valence-electron chi connectivity index (χ4n) is 3.83. The third-order valence-corrected chi connectivity index (χ3v) is 6.32. The van der Waals surface area contributed by atoms with Gasteiger partial charge in [-0.15, -0.1) is 11.3 Å². The van der Waals surface area contributed by atoms with Crippen LogP contribution in [0, 0.1) is 0 Å². The van der Waals surface area contributed by atoms with Gasteiger partial charge >= 0.3 is 0 Å². The molecule has 6 heterocycles. The molecule has 0 aromatic carbocycles. The summed E-state index contributed by atoms with van der Waals surface area (Å²) in [5.74, 6) is 1.02. The zero-order valence-electron chi connectivity index (χ0n) is 13.5. The average molecular weight is 375 g/mol. The Morgan fingerprint density at radius 3 is 2.88 bits per heavy atom. The number of piperidine rings is 1. The Labute approximate surface area is 152 Å². The van der Waals surface area contributed by atoms with Gasteiger partial charge in [0, 0.05) is 20.1 Å². The Balaban J connectivity index is 1.46. The number of anilines is 2. The summed E-state index contributed by atoms with van der Waals surface area (Å²) in [6, 6.07) is 2.75. The van der Waals surface area contributed by atoms with E-state index in [1.54, 1.807) is 30.9 Å². The quantitative estimate of drug-likeness (QED) is 0.682. The van der Waals surface area contributed by atoms with E-state index in [0.29, 0.717) is 12.1 Å². The Bertz CT molecular complexity index is 1020. The van der Waals surface area contributed by atoms with E-state index in [9.17, 15) is 4.79 Å². The first-order valence-corrected chi connectivity index (χ1v) is 9.32. The summed E-state index contributed by atoms with van der Waals surface area (Å²) in [6.45, 7) is 1.61. The van der Waals surface area contributed by atoms with Crippen molar-refractivity contribution in [3.05, 3.63) is 39.3 Å². The van der Waals surface area contributed by atoms with Crippen molar-refractivity contribution < 1.29 is 0 Å². The van der Waals surface area contributed by atoms with Crippen LogP contribution in [-0.2, 0) is 7.05 Å². The molecule has 3 aromatic heterocycles. The number of hydrogen-bond acceptors (Lipinski definition) is 7. The molecule has 9 heteroatoms. The van der Waals surface area contributed by atoms with E-state index >= 15 is 0 Å². The number of hydrogen-bond donors (Lipinski definition) is 0. The molecular formula is C16H15ClN6OS. The molecule has 6 rings (SSSR count). The van der Waals surface area contributed by atoms with Gasteiger partial charge < -0.3 is 9.80 Å². The van der Waals surface area contributed by atoms with Crippen LogP contribution < -0.4 is 15.4 Å². The number of aromatic nitrogens is 4. The van der Waals surface area contributed by atoms with E-state index in [0.717, 1.165) is 41.2 Å². The summed E-state index contributed by atoms with van der Waals surface area (Å²) < 4.78 is 2.40. The minimum absolute atomic E-state index is 0.244. The summed E-state index contributed by atoms with van der Waals surface area (Å²) in [6.07, 6.45) is 4.45. The van der Waals surface area contributed by atoms with Crippen LogP contribution in [0.2, 0.25) is 5.02 Å². The first-order chi connectivity index (χ1) is 12.1. The fraction of sp³-hybridized carbons (Fsp3) is 0.375. The van der Waals surface area contributed by atoms with E-state index < -0.39 is 0 Å². The minimum Gasteiger partial charge on any atom is -0.365 e. The third-order valence-electron chi connectivity index (χ3n) is 5.06. The number of aryl methyl sites for hydroxylation is 1. The van der Waals surface area contributed by atoms with E-state index in [-0.39, 0.29) is 10.6 Å². The molecule has 7 nitrogen and oxygen atoms in total. The Kier molecular flexibility index (Phi) is 3.26. The lowest BCUT2D eigenvalue weighted by Crippen LogP contribution is -2.69. The molecule has 2 unspecified atom stereocenters. The maximum atomic E-state index is 12.0. The summed E-state index contributed by atoms with van der Waals surface area (Å²) in [5.41, 5.74) is 1.46. The van der Waals surface area contributed by atoms with Crippen LogP contribution in [0.3, 0.4) is 0 Å². The topological polar surface area (TPSA) is 67.2 Å². The molecule has 128 valence electrons. The molecule has 0 radical (unpaired) electrons. The van der Waals surface area contributed by atoms with Crippen molar-refractivity contribution in [3.63, 3.8) is 0 Å². The first-order valence-electron chi connectivity index (χ1n) is 8.07. The van der Waals surface area contributed by atoms with Gasteiger partial charge in [0.1, 0.15) is 11.3 Å². The standard InChI is InChI=1S/C16H15ClN6OS/c1-21-16(24)13(17)12(5-20-21)22-6-9-4-10(7-22)23(9)15-14-11(2-3-25-14)18-8-19-15/h2-3,5,8-10H,4,6-7H2,1H3. The van der Waals surface area contributed by atoms with Crippen molar-refractivity contribution in [2.24, 2.45) is 7.05 Å². The van der Waals surface area contributed by atoms with Gasteiger partial charge in [-0.05, 0) is 17.9 Å². The number of piperazine rings is 1. The Morgan fingerprint density at radius 1 is 1.28 bits per heavy atom. The molecular weight excluding hydrogens is 360 g/mol. The lowest BCUT2D eigenvalue weighted by molar-refractivity contribution is 0.289. The highest BCUT2D eigenvalue weighted by Gasteiger charge is 2.46. The summed E-state index contributed by atoms with van der Waals surface area (Å²) >= 11 is 7.94. The van der Waals surface area contributed by atoms with Gasteiger partial charge in [0.15, 0.2) is 5.82 Å². The van der Waals surface area contributed by atoms with E-state index in [1.165, 1.54) is 4.68 Å². The maximum absolute atomic E-state index is 12.0. The van der Waals surface area contributed by atoms with E-state index in [2.05, 4.69) is 30.2 Å². The predicted molar refractivity (Wildman–Crippen MR) is 98.8 cm³/mol. The maximum Gasteiger partial charge on any atom is 0.287 e. The van der Waals surface area contributed by atoms with Crippen molar-refractivity contribution in [1.29, 1.82) is 0 Å². The molecule has 2 atom stereocenters. The number of fused-ring (bicyclic) bond motifs is 3. The lowest BCUT2D eigenvalue weighted by Gasteiger charge is -2.57. The molecule has 3 saturated heterocycles. The van der Waals surface area contributed by atoms with Gasteiger partial charge in [0.25, 0.3) is 5.56 Å². The van der Waals surface area contributed by atoms with Crippen LogP contribution in [0.4, 0.5) is 11.5 Å². The zero-order valence-corrected chi connectivity index (χ0v) is 15.0. The van der Waals surface area contributed by atoms with Crippen LogP contribution in [0.25, 0.3) is 10.2 Å². The predicted octanol–water partition coefficient (Wildman–Crippen LogP) is 1.91. The van der Waals surface area contributed by atoms with E-state index in [4.69, 9.17) is 11.6 Å². The molecule has 3 aliphatic heterocycles. The van der Waals surface area contributed by atoms with Crippen LogP contribution in [0.15, 0.2) is 28.8 Å². The molecule has 0 aliphatic carbocycles. The molecule has 25 heavy (non-hydrogen) atoms. The van der Waals surface area contributed by atoms with Gasteiger partial charge in [-0.3, -0.25) is 4.79 Å². The van der Waals surface area contributed by atoms with Gasteiger partial charge in [-0.1, -0.05) is 11.6 Å². The Morgan fingerprint density at radius 2 is 2.08 bits per heavy atom. The molecule has 0 saturated carbocycles. The Hall–Kier alpha value is -2.19. The number of nitrogens with zero attached hydrogens (tertiary/aromatic N) is 6. The highest BCUT2D eigenvalue weighted by atomic mass is 35.5. The number of thiophene rings is 1. The van der Waals surface area contributed by atoms with Gasteiger partial charge in [0.2, 0.25) is 0 Å². The first kappa shape index (κ1) is 15.1. The molecule has 0 spiro atoms. The molecule has 3 fully saturated rings. The molecule has 2 bridgehead atoms. The van der Waals surface area contributed by atoms with Crippen LogP contribution in [-0.4, -0.2) is 44.9 Å². The van der Waals surface area contributed by atoms with Gasteiger partial charge in [0.05, 0.1) is 34.2 Å². The SMILES string of the molecule is Cn1ncc(N2CC3CC(C2)N3c2ncnc3ccsc23)c(Cl)c1=O. The second kappa shape index (κ2) is 5.40. The monoisotopic (exact) mass is 374 g/mol. The third kappa shape index (κ3) is 2.17. The van der Waals surface area contributed by atoms with Crippen LogP contribution in [0.1, 0.15) is 6.42 Å². The van der Waals surface area contributed by atoms with Gasteiger partial charge in [-0.25, -0.2) is 14.6 Å². The molecule has 3 aliphatic rings. The smallest absolute Gasteiger partial charge is 0.287 e. The van der Waals surface area contributed by atoms with Crippen LogP contribution >= 0.6 is 22.9 Å². The summed E-state index contributed by atoms with van der Waals surface area (Å²) in [7, 11) is 1.61. The number of halogens is 1. The lowest BCUT2D eigenvalue weighted by atomic mass is 9.87. The van der Waals surface area contributed by atoms with Crippen molar-refractivity contribution in [1.82, 2.24) is 19.7 Å². The largest absolute Gasteiger partial charge is 0.365 e. The molecule has 0 N–H and O–H groups in total. The number of rotatable bonds is 2. The summed E-state index contributed by atoms with van der Waals surface area (Å²) in [5, 5.41) is 6.41. The van der Waals surface area contributed by atoms with E-state index in [1.807, 2.05) is 6.07 Å². The highest BCUT2D eigenvalue weighted by Crippen LogP contribution is 2.41. The fourth-order valence-corrected chi connectivity index (χ4v) is 4.96. The molecule has 0 amide bonds. The van der Waals surface area contributed by atoms with Crippen LogP contribution in [0.5, 0.6) is 0 Å². The second-order valence-electron chi connectivity index (χ2n) is 6.46. The summed E-state index contributed by atoms with van der Waals surface area (Å²) in [4.78, 5) is 25.5.